The number of hydrogen-bond acceptors (Lipinski definition) is 4. The van der Waals surface area contributed by atoms with Crippen LogP contribution in [0.4, 0.5) is 0 Å². The van der Waals surface area contributed by atoms with Gasteiger partial charge in [0, 0.05) is 19.5 Å². The van der Waals surface area contributed by atoms with Crippen LogP contribution < -0.4 is 0 Å². The normalized spacial score (nSPS) is 20.1. The molecule has 1 N–H and O–H groups in total. The standard InChI is InChI=1S/C11H21NO4S/c1-2-12(5-6-13)11(14)9-10-3-7-17(15,16)8-4-10/h10,13H,2-9H2,1H3. The van der Waals surface area contributed by atoms with E-state index >= 15 is 0 Å². The molecule has 0 unspecified atom stereocenters. The Morgan fingerprint density at radius 2 is 1.94 bits per heavy atom. The molecular formula is C11H21NO4S. The number of aliphatic hydroxyl groups is 1. The monoisotopic (exact) mass is 263 g/mol. The summed E-state index contributed by atoms with van der Waals surface area (Å²) in [5, 5.41) is 8.82. The molecule has 0 aromatic rings. The number of rotatable bonds is 5. The van der Waals surface area contributed by atoms with Crippen molar-refractivity contribution >= 4 is 15.7 Å². The number of likely N-dealkylation sites (N-methyl/N-ethyl adjacent to an activating group) is 1. The van der Waals surface area contributed by atoms with E-state index in [1.54, 1.807) is 4.90 Å². The van der Waals surface area contributed by atoms with Crippen LogP contribution in [0.15, 0.2) is 0 Å². The van der Waals surface area contributed by atoms with E-state index in [0.29, 0.717) is 32.4 Å². The topological polar surface area (TPSA) is 74.7 Å². The van der Waals surface area contributed by atoms with Gasteiger partial charge < -0.3 is 10.0 Å². The number of carbonyl (C=O) groups is 1. The summed E-state index contributed by atoms with van der Waals surface area (Å²) in [5.41, 5.74) is 0. The number of nitrogens with zero attached hydrogens (tertiary/aromatic N) is 1. The highest BCUT2D eigenvalue weighted by atomic mass is 32.2. The molecule has 0 aliphatic carbocycles. The summed E-state index contributed by atoms with van der Waals surface area (Å²) < 4.78 is 22.5. The van der Waals surface area contributed by atoms with E-state index in [0.717, 1.165) is 0 Å². The Balaban J connectivity index is 2.41. The summed E-state index contributed by atoms with van der Waals surface area (Å²) in [6.07, 6.45) is 1.58. The van der Waals surface area contributed by atoms with Gasteiger partial charge in [-0.05, 0) is 25.7 Å². The molecule has 0 radical (unpaired) electrons. The molecule has 1 rings (SSSR count). The van der Waals surface area contributed by atoms with Crippen molar-refractivity contribution in [1.82, 2.24) is 4.90 Å². The van der Waals surface area contributed by atoms with Gasteiger partial charge in [0.2, 0.25) is 5.91 Å². The van der Waals surface area contributed by atoms with E-state index in [4.69, 9.17) is 5.11 Å². The first-order valence-corrected chi connectivity index (χ1v) is 7.89. The molecule has 0 spiro atoms. The van der Waals surface area contributed by atoms with Gasteiger partial charge in [-0.3, -0.25) is 4.79 Å². The van der Waals surface area contributed by atoms with Crippen molar-refractivity contribution in [1.29, 1.82) is 0 Å². The maximum absolute atomic E-state index is 11.9. The van der Waals surface area contributed by atoms with E-state index < -0.39 is 9.84 Å². The fraction of sp³-hybridized carbons (Fsp3) is 0.909. The Labute approximate surface area is 103 Å². The van der Waals surface area contributed by atoms with E-state index in [1.807, 2.05) is 6.92 Å². The van der Waals surface area contributed by atoms with Gasteiger partial charge in [0.15, 0.2) is 0 Å². The van der Waals surface area contributed by atoms with Crippen molar-refractivity contribution in [2.75, 3.05) is 31.2 Å². The Kier molecular flexibility index (Phi) is 5.39. The molecule has 1 amide bonds. The molecule has 1 fully saturated rings. The Morgan fingerprint density at radius 1 is 1.35 bits per heavy atom. The smallest absolute Gasteiger partial charge is 0.222 e. The van der Waals surface area contributed by atoms with Gasteiger partial charge in [-0.25, -0.2) is 8.42 Å². The summed E-state index contributed by atoms with van der Waals surface area (Å²) >= 11 is 0. The van der Waals surface area contributed by atoms with Crippen LogP contribution in [-0.4, -0.2) is 55.5 Å². The van der Waals surface area contributed by atoms with Crippen LogP contribution in [-0.2, 0) is 14.6 Å². The summed E-state index contributed by atoms with van der Waals surface area (Å²) in [7, 11) is -2.85. The van der Waals surface area contributed by atoms with Crippen LogP contribution in [0, 0.1) is 5.92 Å². The Hall–Kier alpha value is -0.620. The van der Waals surface area contributed by atoms with E-state index in [2.05, 4.69) is 0 Å². The van der Waals surface area contributed by atoms with Gasteiger partial charge in [-0.2, -0.15) is 0 Å². The third-order valence-corrected chi connectivity index (χ3v) is 4.96. The Morgan fingerprint density at radius 3 is 2.41 bits per heavy atom. The Bertz CT molecular complexity index is 338. The van der Waals surface area contributed by atoms with Gasteiger partial charge in [0.05, 0.1) is 18.1 Å². The summed E-state index contributed by atoms with van der Waals surface area (Å²) in [6.45, 7) is 2.79. The van der Waals surface area contributed by atoms with Gasteiger partial charge >= 0.3 is 0 Å². The van der Waals surface area contributed by atoms with E-state index in [-0.39, 0.29) is 29.9 Å². The largest absolute Gasteiger partial charge is 0.395 e. The van der Waals surface area contributed by atoms with Crippen LogP contribution in [0.3, 0.4) is 0 Å². The molecule has 1 heterocycles. The van der Waals surface area contributed by atoms with Crippen molar-refractivity contribution in [2.24, 2.45) is 5.92 Å². The van der Waals surface area contributed by atoms with Gasteiger partial charge in [-0.1, -0.05) is 0 Å². The van der Waals surface area contributed by atoms with Gasteiger partial charge in [0.25, 0.3) is 0 Å². The van der Waals surface area contributed by atoms with Crippen molar-refractivity contribution < 1.29 is 18.3 Å². The number of sulfone groups is 1. The lowest BCUT2D eigenvalue weighted by molar-refractivity contribution is -0.132. The zero-order valence-corrected chi connectivity index (χ0v) is 11.1. The lowest BCUT2D eigenvalue weighted by Crippen LogP contribution is -2.35. The lowest BCUT2D eigenvalue weighted by Gasteiger charge is -2.25. The van der Waals surface area contributed by atoms with Crippen molar-refractivity contribution in [2.45, 2.75) is 26.2 Å². The fourth-order valence-corrected chi connectivity index (χ4v) is 3.69. The van der Waals surface area contributed by atoms with Crippen molar-refractivity contribution in [3.8, 4) is 0 Å². The van der Waals surface area contributed by atoms with E-state index in [1.165, 1.54) is 0 Å². The second kappa shape index (κ2) is 6.35. The minimum absolute atomic E-state index is 0.0193. The van der Waals surface area contributed by atoms with Crippen LogP contribution in [0.1, 0.15) is 26.2 Å². The highest BCUT2D eigenvalue weighted by Crippen LogP contribution is 2.22. The molecule has 0 aromatic carbocycles. The number of carbonyl (C=O) groups excluding carboxylic acids is 1. The van der Waals surface area contributed by atoms with Crippen molar-refractivity contribution in [3.05, 3.63) is 0 Å². The predicted molar refractivity (Wildman–Crippen MR) is 65.3 cm³/mol. The molecule has 0 bridgehead atoms. The molecule has 0 atom stereocenters. The third-order valence-electron chi connectivity index (χ3n) is 3.24. The van der Waals surface area contributed by atoms with Crippen LogP contribution in [0.25, 0.3) is 0 Å². The second-order valence-corrected chi connectivity index (χ2v) is 6.80. The first kappa shape index (κ1) is 14.4. The predicted octanol–water partition coefficient (Wildman–Crippen LogP) is 0.0421. The number of hydrogen-bond donors (Lipinski definition) is 1. The minimum atomic E-state index is -2.85. The molecule has 6 heteroatoms. The second-order valence-electron chi connectivity index (χ2n) is 4.50. The number of amides is 1. The summed E-state index contributed by atoms with van der Waals surface area (Å²) in [5.74, 6) is 0.610. The molecule has 0 saturated carbocycles. The maximum Gasteiger partial charge on any atom is 0.222 e. The molecule has 5 nitrogen and oxygen atoms in total. The maximum atomic E-state index is 11.9. The SMILES string of the molecule is CCN(CCO)C(=O)CC1CCS(=O)(=O)CC1. The van der Waals surface area contributed by atoms with Crippen LogP contribution in [0.5, 0.6) is 0 Å². The first-order valence-electron chi connectivity index (χ1n) is 6.07. The molecule has 1 aliphatic heterocycles. The van der Waals surface area contributed by atoms with Crippen molar-refractivity contribution in [3.63, 3.8) is 0 Å². The van der Waals surface area contributed by atoms with Gasteiger partial charge in [0.1, 0.15) is 9.84 Å². The molecule has 1 saturated heterocycles. The van der Waals surface area contributed by atoms with E-state index in [9.17, 15) is 13.2 Å². The van der Waals surface area contributed by atoms with Gasteiger partial charge in [-0.15, -0.1) is 0 Å². The van der Waals surface area contributed by atoms with Crippen LogP contribution in [0.2, 0.25) is 0 Å². The molecule has 1 aliphatic rings. The zero-order valence-electron chi connectivity index (χ0n) is 10.3. The molecule has 0 aromatic heterocycles. The first-order chi connectivity index (χ1) is 7.98. The zero-order chi connectivity index (χ0) is 12.9. The quantitative estimate of drug-likeness (QED) is 0.760. The minimum Gasteiger partial charge on any atom is -0.395 e. The molecular weight excluding hydrogens is 242 g/mol. The average Bonchev–Trinajstić information content (AvgIpc) is 2.28. The number of aliphatic hydroxyl groups excluding tert-OH is 1. The average molecular weight is 263 g/mol. The lowest BCUT2D eigenvalue weighted by atomic mass is 9.98. The summed E-state index contributed by atoms with van der Waals surface area (Å²) in [4.78, 5) is 13.5. The fourth-order valence-electron chi connectivity index (χ4n) is 2.10. The molecule has 17 heavy (non-hydrogen) atoms. The third kappa shape index (κ3) is 4.63. The highest BCUT2D eigenvalue weighted by Gasteiger charge is 2.26. The molecule has 100 valence electrons. The highest BCUT2D eigenvalue weighted by molar-refractivity contribution is 7.91. The summed E-state index contributed by atoms with van der Waals surface area (Å²) in [6, 6.07) is 0. The van der Waals surface area contributed by atoms with Crippen LogP contribution >= 0.6 is 0 Å².